The number of aromatic nitrogens is 4. The fraction of sp³-hybridized carbons (Fsp3) is 0.583. The van der Waals surface area contributed by atoms with E-state index >= 15 is 0 Å². The van der Waals surface area contributed by atoms with Crippen LogP contribution in [0, 0.1) is 0 Å². The maximum atomic E-state index is 10.1. The third-order valence-corrected chi connectivity index (χ3v) is 3.67. The van der Waals surface area contributed by atoms with Gasteiger partial charge in [0, 0.05) is 14.1 Å². The maximum absolute atomic E-state index is 10.1. The molecule has 0 aliphatic carbocycles. The first-order chi connectivity index (χ1) is 10.6. The summed E-state index contributed by atoms with van der Waals surface area (Å²) in [5, 5.41) is 35.0. The van der Waals surface area contributed by atoms with Crippen LogP contribution in [-0.4, -0.2) is 73.9 Å². The first kappa shape index (κ1) is 14.9. The van der Waals surface area contributed by atoms with E-state index in [0.29, 0.717) is 22.9 Å². The van der Waals surface area contributed by atoms with Crippen LogP contribution in [0.5, 0.6) is 0 Å². The second-order valence-electron chi connectivity index (χ2n) is 4.95. The van der Waals surface area contributed by atoms with Crippen LogP contribution in [0.2, 0.25) is 0 Å². The number of ether oxygens (including phenoxy) is 1. The van der Waals surface area contributed by atoms with Gasteiger partial charge in [-0.05, 0) is 0 Å². The standard InChI is InChI=1S/C12H18N6O4/c1-13-9-6-10(17-12(14-2)16-9)18(4-15-6)11-8(21)7(20)5(3-19)22-11/h4-5,7-8,11,19-21H,3H2,1-2H3,(H2,13,14,16,17)/t5-,7?,8+,11-/m1/s1. The number of nitrogens with one attached hydrogen (secondary N) is 2. The van der Waals surface area contributed by atoms with Gasteiger partial charge in [0.1, 0.15) is 18.3 Å². The smallest absolute Gasteiger partial charge is 0.226 e. The van der Waals surface area contributed by atoms with Crippen molar-refractivity contribution in [2.75, 3.05) is 31.3 Å². The first-order valence-electron chi connectivity index (χ1n) is 6.83. The molecule has 3 rings (SSSR count). The van der Waals surface area contributed by atoms with Gasteiger partial charge >= 0.3 is 0 Å². The summed E-state index contributed by atoms with van der Waals surface area (Å²) in [6.07, 6.45) is -2.66. The summed E-state index contributed by atoms with van der Waals surface area (Å²) in [5.74, 6) is 0.908. The Kier molecular flexibility index (Phi) is 3.83. The van der Waals surface area contributed by atoms with Crippen molar-refractivity contribution < 1.29 is 20.1 Å². The Labute approximate surface area is 125 Å². The van der Waals surface area contributed by atoms with E-state index in [1.165, 1.54) is 10.9 Å². The Hall–Kier alpha value is -2.01. The molecule has 2 aromatic heterocycles. The van der Waals surface area contributed by atoms with Gasteiger partial charge in [-0.15, -0.1) is 0 Å². The summed E-state index contributed by atoms with van der Waals surface area (Å²) in [4.78, 5) is 12.8. The molecule has 0 amide bonds. The van der Waals surface area contributed by atoms with Crippen molar-refractivity contribution in [2.24, 2.45) is 0 Å². The van der Waals surface area contributed by atoms with Crippen LogP contribution in [0.25, 0.3) is 11.2 Å². The lowest BCUT2D eigenvalue weighted by molar-refractivity contribution is -0.0511. The number of aliphatic hydroxyl groups excluding tert-OH is 3. The molecule has 3 heterocycles. The number of hydrogen-bond acceptors (Lipinski definition) is 9. The molecule has 22 heavy (non-hydrogen) atoms. The van der Waals surface area contributed by atoms with E-state index in [0.717, 1.165) is 0 Å². The Morgan fingerprint density at radius 2 is 2.00 bits per heavy atom. The van der Waals surface area contributed by atoms with Crippen molar-refractivity contribution in [3.8, 4) is 0 Å². The maximum Gasteiger partial charge on any atom is 0.226 e. The van der Waals surface area contributed by atoms with Crippen molar-refractivity contribution in [3.63, 3.8) is 0 Å². The van der Waals surface area contributed by atoms with E-state index in [-0.39, 0.29) is 6.61 Å². The monoisotopic (exact) mass is 310 g/mol. The fourth-order valence-electron chi connectivity index (χ4n) is 2.50. The van der Waals surface area contributed by atoms with Gasteiger partial charge < -0.3 is 30.7 Å². The van der Waals surface area contributed by atoms with Gasteiger partial charge in [0.2, 0.25) is 5.95 Å². The number of aliphatic hydroxyl groups is 3. The van der Waals surface area contributed by atoms with Crippen LogP contribution in [0.1, 0.15) is 6.23 Å². The van der Waals surface area contributed by atoms with Gasteiger partial charge in [0.15, 0.2) is 23.2 Å². The Morgan fingerprint density at radius 1 is 1.23 bits per heavy atom. The zero-order valence-electron chi connectivity index (χ0n) is 12.1. The van der Waals surface area contributed by atoms with Gasteiger partial charge in [0.25, 0.3) is 0 Å². The molecule has 0 radical (unpaired) electrons. The predicted molar refractivity (Wildman–Crippen MR) is 77.4 cm³/mol. The summed E-state index contributed by atoms with van der Waals surface area (Å²) in [6.45, 7) is -0.389. The summed E-state index contributed by atoms with van der Waals surface area (Å²) in [7, 11) is 3.40. The highest BCUT2D eigenvalue weighted by Crippen LogP contribution is 2.32. The minimum atomic E-state index is -1.19. The third kappa shape index (κ3) is 2.16. The highest BCUT2D eigenvalue weighted by atomic mass is 16.6. The zero-order chi connectivity index (χ0) is 15.9. The Balaban J connectivity index is 2.08. The number of nitrogens with zero attached hydrogens (tertiary/aromatic N) is 4. The van der Waals surface area contributed by atoms with Crippen LogP contribution in [-0.2, 0) is 4.74 Å². The number of imidazole rings is 1. The van der Waals surface area contributed by atoms with E-state index in [1.54, 1.807) is 14.1 Å². The lowest BCUT2D eigenvalue weighted by atomic mass is 10.1. The minimum absolute atomic E-state index is 0.380. The van der Waals surface area contributed by atoms with Crippen LogP contribution in [0.15, 0.2) is 6.33 Å². The first-order valence-corrected chi connectivity index (χ1v) is 6.83. The van der Waals surface area contributed by atoms with Crippen molar-refractivity contribution in [2.45, 2.75) is 24.5 Å². The molecule has 1 aliphatic rings. The molecule has 120 valence electrons. The molecular weight excluding hydrogens is 292 g/mol. The molecule has 1 saturated heterocycles. The van der Waals surface area contributed by atoms with Crippen molar-refractivity contribution in [1.82, 2.24) is 19.5 Å². The topological polar surface area (TPSA) is 138 Å². The lowest BCUT2D eigenvalue weighted by Gasteiger charge is -2.16. The predicted octanol–water partition coefficient (Wildman–Crippen LogP) is -1.48. The SMILES string of the molecule is CNc1nc(NC)c2ncn([C@@H]3O[C@H](CO)C(O)[C@@H]3O)c2n1. The molecule has 0 spiro atoms. The highest BCUT2D eigenvalue weighted by molar-refractivity contribution is 5.84. The summed E-state index contributed by atoms with van der Waals surface area (Å²) in [6, 6.07) is 0. The summed E-state index contributed by atoms with van der Waals surface area (Å²) in [5.41, 5.74) is 0.956. The third-order valence-electron chi connectivity index (χ3n) is 3.67. The molecule has 10 heteroatoms. The van der Waals surface area contributed by atoms with Crippen LogP contribution >= 0.6 is 0 Å². The van der Waals surface area contributed by atoms with Crippen molar-refractivity contribution in [3.05, 3.63) is 6.33 Å². The zero-order valence-corrected chi connectivity index (χ0v) is 12.1. The fourth-order valence-corrected chi connectivity index (χ4v) is 2.50. The van der Waals surface area contributed by atoms with Gasteiger partial charge in [-0.1, -0.05) is 0 Å². The van der Waals surface area contributed by atoms with E-state index < -0.39 is 24.5 Å². The van der Waals surface area contributed by atoms with E-state index in [4.69, 9.17) is 4.74 Å². The van der Waals surface area contributed by atoms with Crippen LogP contribution in [0.4, 0.5) is 11.8 Å². The van der Waals surface area contributed by atoms with Crippen LogP contribution in [0.3, 0.4) is 0 Å². The normalized spacial score (nSPS) is 28.2. The highest BCUT2D eigenvalue weighted by Gasteiger charge is 2.44. The van der Waals surface area contributed by atoms with Gasteiger partial charge in [-0.25, -0.2) is 4.98 Å². The summed E-state index contributed by atoms with van der Waals surface area (Å²) < 4.78 is 7.02. The average molecular weight is 310 g/mol. The van der Waals surface area contributed by atoms with Crippen molar-refractivity contribution in [1.29, 1.82) is 0 Å². The Morgan fingerprint density at radius 3 is 2.59 bits per heavy atom. The molecule has 5 N–H and O–H groups in total. The van der Waals surface area contributed by atoms with Gasteiger partial charge in [-0.3, -0.25) is 4.57 Å². The lowest BCUT2D eigenvalue weighted by Crippen LogP contribution is -2.33. The largest absolute Gasteiger partial charge is 0.394 e. The number of hydrogen-bond donors (Lipinski definition) is 5. The molecule has 0 bridgehead atoms. The van der Waals surface area contributed by atoms with E-state index in [2.05, 4.69) is 25.6 Å². The molecule has 1 unspecified atom stereocenters. The molecule has 1 fully saturated rings. The molecule has 1 aliphatic heterocycles. The Bertz CT molecular complexity index is 677. The van der Waals surface area contributed by atoms with E-state index in [9.17, 15) is 15.3 Å². The number of anilines is 2. The molecule has 10 nitrogen and oxygen atoms in total. The summed E-state index contributed by atoms with van der Waals surface area (Å²) >= 11 is 0. The second-order valence-corrected chi connectivity index (χ2v) is 4.95. The molecule has 2 aromatic rings. The van der Waals surface area contributed by atoms with Gasteiger partial charge in [0.05, 0.1) is 12.9 Å². The van der Waals surface area contributed by atoms with Gasteiger partial charge in [-0.2, -0.15) is 9.97 Å². The van der Waals surface area contributed by atoms with Crippen LogP contribution < -0.4 is 10.6 Å². The molecular formula is C12H18N6O4. The number of rotatable bonds is 4. The minimum Gasteiger partial charge on any atom is -0.394 e. The molecule has 0 saturated carbocycles. The molecule has 0 aromatic carbocycles. The van der Waals surface area contributed by atoms with E-state index in [1.807, 2.05) is 0 Å². The second kappa shape index (κ2) is 5.65. The average Bonchev–Trinajstić information content (AvgIpc) is 3.08. The quantitative estimate of drug-likeness (QED) is 0.458. The molecule has 4 atom stereocenters. The number of fused-ring (bicyclic) bond motifs is 1. The van der Waals surface area contributed by atoms with Crippen molar-refractivity contribution >= 4 is 22.9 Å².